The Morgan fingerprint density at radius 2 is 2.00 bits per heavy atom. The summed E-state index contributed by atoms with van der Waals surface area (Å²) in [4.78, 5) is 0. The van der Waals surface area contributed by atoms with Crippen molar-refractivity contribution < 1.29 is 24.5 Å². The molecule has 0 amide bonds. The monoisotopic (exact) mass is 297 g/mol. The zero-order valence-electron chi connectivity index (χ0n) is 12.5. The standard InChI is InChI=1S/C15H23NO5/c1-3-14(16-18)13-6-4-5-7-15(13)21-11-12(17)10-20-9-8-19-2/h4-7,12,17-18H,3,8-11H2,1-2H3/b16-14-. The summed E-state index contributed by atoms with van der Waals surface area (Å²) in [6.07, 6.45) is -0.148. The van der Waals surface area contributed by atoms with Gasteiger partial charge in [0.1, 0.15) is 18.5 Å². The van der Waals surface area contributed by atoms with Crippen LogP contribution in [-0.4, -0.2) is 55.7 Å². The number of oxime groups is 1. The summed E-state index contributed by atoms with van der Waals surface area (Å²) in [5.74, 6) is 0.572. The fourth-order valence-electron chi connectivity index (χ4n) is 1.74. The van der Waals surface area contributed by atoms with Gasteiger partial charge in [0, 0.05) is 12.7 Å². The zero-order valence-corrected chi connectivity index (χ0v) is 12.5. The second-order valence-corrected chi connectivity index (χ2v) is 4.43. The van der Waals surface area contributed by atoms with Crippen LogP contribution in [0.3, 0.4) is 0 Å². The summed E-state index contributed by atoms with van der Waals surface area (Å²) in [5.41, 5.74) is 1.26. The second kappa shape index (κ2) is 10.1. The Labute approximate surface area is 124 Å². The molecule has 6 nitrogen and oxygen atoms in total. The minimum absolute atomic E-state index is 0.104. The Morgan fingerprint density at radius 3 is 2.67 bits per heavy atom. The summed E-state index contributed by atoms with van der Waals surface area (Å²) in [6.45, 7) is 3.10. The first-order valence-corrected chi connectivity index (χ1v) is 6.90. The van der Waals surface area contributed by atoms with Crippen molar-refractivity contribution in [2.75, 3.05) is 33.5 Å². The molecule has 0 aliphatic rings. The summed E-state index contributed by atoms with van der Waals surface area (Å²) in [6, 6.07) is 7.25. The van der Waals surface area contributed by atoms with Crippen molar-refractivity contribution >= 4 is 5.71 Å². The molecule has 1 rings (SSSR count). The quantitative estimate of drug-likeness (QED) is 0.297. The van der Waals surface area contributed by atoms with Gasteiger partial charge < -0.3 is 24.5 Å². The summed E-state index contributed by atoms with van der Waals surface area (Å²) >= 11 is 0. The van der Waals surface area contributed by atoms with E-state index < -0.39 is 6.10 Å². The van der Waals surface area contributed by atoms with Crippen molar-refractivity contribution in [3.63, 3.8) is 0 Å². The van der Waals surface area contributed by atoms with Crippen molar-refractivity contribution in [3.8, 4) is 5.75 Å². The van der Waals surface area contributed by atoms with E-state index in [9.17, 15) is 5.11 Å². The Hall–Kier alpha value is -1.63. The van der Waals surface area contributed by atoms with Crippen LogP contribution < -0.4 is 4.74 Å². The molecule has 118 valence electrons. The van der Waals surface area contributed by atoms with Crippen LogP contribution in [-0.2, 0) is 9.47 Å². The van der Waals surface area contributed by atoms with Gasteiger partial charge in [0.2, 0.25) is 0 Å². The first-order chi connectivity index (χ1) is 10.2. The number of rotatable bonds is 10. The number of aliphatic hydroxyl groups is 1. The largest absolute Gasteiger partial charge is 0.490 e. The lowest BCUT2D eigenvalue weighted by Gasteiger charge is -2.15. The summed E-state index contributed by atoms with van der Waals surface area (Å²) in [7, 11) is 1.59. The van der Waals surface area contributed by atoms with Gasteiger partial charge in [-0.25, -0.2) is 0 Å². The third-order valence-corrected chi connectivity index (χ3v) is 2.83. The van der Waals surface area contributed by atoms with Gasteiger partial charge in [-0.3, -0.25) is 0 Å². The first-order valence-electron chi connectivity index (χ1n) is 6.90. The number of hydrogen-bond acceptors (Lipinski definition) is 6. The van der Waals surface area contributed by atoms with E-state index in [1.807, 2.05) is 25.1 Å². The van der Waals surface area contributed by atoms with Crippen molar-refractivity contribution in [3.05, 3.63) is 29.8 Å². The molecular weight excluding hydrogens is 274 g/mol. The van der Waals surface area contributed by atoms with Gasteiger partial charge in [0.25, 0.3) is 0 Å². The van der Waals surface area contributed by atoms with E-state index in [4.69, 9.17) is 19.4 Å². The first kappa shape index (κ1) is 17.4. The maximum atomic E-state index is 9.78. The van der Waals surface area contributed by atoms with Gasteiger partial charge in [-0.1, -0.05) is 24.2 Å². The van der Waals surface area contributed by atoms with Gasteiger partial charge in [-0.2, -0.15) is 0 Å². The molecule has 1 aromatic carbocycles. The van der Waals surface area contributed by atoms with Crippen LogP contribution >= 0.6 is 0 Å². The molecule has 0 saturated carbocycles. The Kier molecular flexibility index (Phi) is 8.42. The van der Waals surface area contributed by atoms with Gasteiger partial charge in [-0.05, 0) is 18.6 Å². The average Bonchev–Trinajstić information content (AvgIpc) is 2.52. The van der Waals surface area contributed by atoms with E-state index in [-0.39, 0.29) is 13.2 Å². The highest BCUT2D eigenvalue weighted by Gasteiger charge is 2.11. The van der Waals surface area contributed by atoms with Crippen LogP contribution in [0.25, 0.3) is 0 Å². The van der Waals surface area contributed by atoms with Crippen LogP contribution in [0.2, 0.25) is 0 Å². The van der Waals surface area contributed by atoms with Crippen molar-refractivity contribution in [2.45, 2.75) is 19.4 Å². The lowest BCUT2D eigenvalue weighted by atomic mass is 10.1. The average molecular weight is 297 g/mol. The van der Waals surface area contributed by atoms with Crippen molar-refractivity contribution in [2.24, 2.45) is 5.16 Å². The lowest BCUT2D eigenvalue weighted by molar-refractivity contribution is -0.00422. The second-order valence-electron chi connectivity index (χ2n) is 4.43. The molecule has 0 saturated heterocycles. The number of nitrogens with zero attached hydrogens (tertiary/aromatic N) is 1. The number of aliphatic hydroxyl groups excluding tert-OH is 1. The molecule has 1 atom stereocenters. The molecular formula is C15H23NO5. The van der Waals surface area contributed by atoms with E-state index >= 15 is 0 Å². The lowest BCUT2D eigenvalue weighted by Crippen LogP contribution is -2.24. The molecule has 0 spiro atoms. The molecule has 0 radical (unpaired) electrons. The minimum atomic E-state index is -0.731. The molecule has 1 aromatic rings. The predicted molar refractivity (Wildman–Crippen MR) is 79.3 cm³/mol. The van der Waals surface area contributed by atoms with Crippen molar-refractivity contribution in [1.82, 2.24) is 0 Å². The normalized spacial score (nSPS) is 13.2. The highest BCUT2D eigenvalue weighted by atomic mass is 16.5. The van der Waals surface area contributed by atoms with Crippen LogP contribution in [0.15, 0.2) is 29.4 Å². The number of methoxy groups -OCH3 is 1. The van der Waals surface area contributed by atoms with Gasteiger partial charge in [0.05, 0.1) is 25.5 Å². The Bertz CT molecular complexity index is 436. The molecule has 1 unspecified atom stereocenters. The predicted octanol–water partition coefficient (Wildman–Crippen LogP) is 1.68. The molecule has 0 heterocycles. The fourth-order valence-corrected chi connectivity index (χ4v) is 1.74. The highest BCUT2D eigenvalue weighted by molar-refractivity contribution is 6.02. The third kappa shape index (κ3) is 6.12. The summed E-state index contributed by atoms with van der Waals surface area (Å²) in [5, 5.41) is 22.1. The Balaban J connectivity index is 2.51. The molecule has 21 heavy (non-hydrogen) atoms. The number of benzene rings is 1. The maximum absolute atomic E-state index is 9.78. The molecule has 0 aliphatic carbocycles. The number of hydrogen-bond donors (Lipinski definition) is 2. The van der Waals surface area contributed by atoms with Crippen LogP contribution in [0.5, 0.6) is 5.75 Å². The van der Waals surface area contributed by atoms with Crippen LogP contribution in [0, 0.1) is 0 Å². The molecule has 0 aromatic heterocycles. The number of para-hydroxylation sites is 1. The molecule has 0 bridgehead atoms. The Morgan fingerprint density at radius 1 is 1.24 bits per heavy atom. The van der Waals surface area contributed by atoms with Crippen LogP contribution in [0.4, 0.5) is 0 Å². The van der Waals surface area contributed by atoms with Gasteiger partial charge >= 0.3 is 0 Å². The maximum Gasteiger partial charge on any atom is 0.128 e. The van der Waals surface area contributed by atoms with E-state index in [1.54, 1.807) is 13.2 Å². The SMILES string of the molecule is CC/C(=N/O)c1ccccc1OCC(O)COCCOC. The van der Waals surface area contributed by atoms with Gasteiger partial charge in [0.15, 0.2) is 0 Å². The van der Waals surface area contributed by atoms with E-state index in [0.29, 0.717) is 31.1 Å². The topological polar surface area (TPSA) is 80.5 Å². The summed E-state index contributed by atoms with van der Waals surface area (Å²) < 4.78 is 15.7. The van der Waals surface area contributed by atoms with Gasteiger partial charge in [-0.15, -0.1) is 0 Å². The minimum Gasteiger partial charge on any atom is -0.490 e. The molecule has 6 heteroatoms. The number of ether oxygens (including phenoxy) is 3. The molecule has 0 fully saturated rings. The van der Waals surface area contributed by atoms with Crippen molar-refractivity contribution in [1.29, 1.82) is 0 Å². The molecule has 0 aliphatic heterocycles. The van der Waals surface area contributed by atoms with E-state index in [1.165, 1.54) is 0 Å². The van der Waals surface area contributed by atoms with E-state index in [2.05, 4.69) is 5.16 Å². The third-order valence-electron chi connectivity index (χ3n) is 2.83. The highest BCUT2D eigenvalue weighted by Crippen LogP contribution is 2.20. The van der Waals surface area contributed by atoms with Crippen LogP contribution in [0.1, 0.15) is 18.9 Å². The smallest absolute Gasteiger partial charge is 0.128 e. The zero-order chi connectivity index (χ0) is 15.5. The molecule has 2 N–H and O–H groups in total. The van der Waals surface area contributed by atoms with E-state index in [0.717, 1.165) is 5.56 Å². The fraction of sp³-hybridized carbons (Fsp3) is 0.533.